The van der Waals surface area contributed by atoms with Crippen LogP contribution in [0.5, 0.6) is 5.75 Å². The Morgan fingerprint density at radius 3 is 2.42 bits per heavy atom. The number of carbonyl (C=O) groups excluding carboxylic acids is 1. The first-order valence-corrected chi connectivity index (χ1v) is 13.0. The normalized spacial score (nSPS) is 23.4. The third-order valence-corrected chi connectivity index (χ3v) is 8.85. The number of amides is 1. The average Bonchev–Trinajstić information content (AvgIpc) is 3.19. The van der Waals surface area contributed by atoms with Gasteiger partial charge in [0.1, 0.15) is 5.75 Å². The van der Waals surface area contributed by atoms with Crippen LogP contribution in [0.25, 0.3) is 0 Å². The van der Waals surface area contributed by atoms with E-state index in [1.165, 1.54) is 17.3 Å². The van der Waals surface area contributed by atoms with Gasteiger partial charge in [-0.1, -0.05) is 49.9 Å². The van der Waals surface area contributed by atoms with Crippen molar-refractivity contribution in [1.29, 1.82) is 0 Å². The number of hydrogen-bond acceptors (Lipinski definition) is 5. The maximum absolute atomic E-state index is 12.7. The van der Waals surface area contributed by atoms with Crippen molar-refractivity contribution in [1.82, 2.24) is 0 Å². The third kappa shape index (κ3) is 4.80. The first-order valence-electron chi connectivity index (χ1n) is 10.3. The van der Waals surface area contributed by atoms with E-state index in [1.54, 1.807) is 7.11 Å². The second-order valence-electron chi connectivity index (χ2n) is 8.23. The summed E-state index contributed by atoms with van der Waals surface area (Å²) in [5.41, 5.74) is 2.94. The van der Waals surface area contributed by atoms with Crippen molar-refractivity contribution in [2.75, 3.05) is 23.5 Å². The molecular weight excluding hydrogens is 432 g/mol. The lowest BCUT2D eigenvalue weighted by molar-refractivity contribution is -0.117. The molecule has 0 spiro atoms. The van der Waals surface area contributed by atoms with Gasteiger partial charge in [-0.25, -0.2) is 8.42 Å². The minimum Gasteiger partial charge on any atom is -0.497 e. The molecule has 2 aromatic rings. The Morgan fingerprint density at radius 1 is 1.13 bits per heavy atom. The van der Waals surface area contributed by atoms with Crippen molar-refractivity contribution >= 4 is 38.4 Å². The van der Waals surface area contributed by atoms with Crippen molar-refractivity contribution in [3.8, 4) is 5.75 Å². The number of hydrogen-bond donors (Lipinski definition) is 0. The first-order chi connectivity index (χ1) is 14.8. The highest BCUT2D eigenvalue weighted by Gasteiger charge is 2.49. The highest BCUT2D eigenvalue weighted by Crippen LogP contribution is 2.41. The van der Waals surface area contributed by atoms with Crippen LogP contribution < -0.4 is 9.64 Å². The number of anilines is 1. The molecule has 2 aliphatic heterocycles. The SMILES string of the molecule is COc1ccc(CC(=O)N=C2S[C@H]3CS(=O)(=O)C[C@H]3N2c2ccc(C(C)C)cc2)cc1. The van der Waals surface area contributed by atoms with Crippen LogP contribution in [0.1, 0.15) is 30.9 Å². The maximum Gasteiger partial charge on any atom is 0.252 e. The predicted molar refractivity (Wildman–Crippen MR) is 126 cm³/mol. The molecule has 1 amide bonds. The maximum atomic E-state index is 12.7. The molecular formula is C23H26N2O4S2. The molecule has 0 aromatic heterocycles. The van der Waals surface area contributed by atoms with Crippen LogP contribution >= 0.6 is 11.8 Å². The summed E-state index contributed by atoms with van der Waals surface area (Å²) < 4.78 is 29.6. The van der Waals surface area contributed by atoms with Crippen LogP contribution in [0.15, 0.2) is 53.5 Å². The number of aliphatic imine (C=N–C) groups is 1. The van der Waals surface area contributed by atoms with Gasteiger partial charge in [-0.3, -0.25) is 4.79 Å². The van der Waals surface area contributed by atoms with E-state index >= 15 is 0 Å². The second kappa shape index (κ2) is 8.67. The number of rotatable bonds is 5. The number of sulfone groups is 1. The number of amidine groups is 1. The van der Waals surface area contributed by atoms with E-state index in [0.29, 0.717) is 11.1 Å². The summed E-state index contributed by atoms with van der Waals surface area (Å²) in [6.45, 7) is 4.26. The van der Waals surface area contributed by atoms with E-state index < -0.39 is 9.84 Å². The Balaban J connectivity index is 1.60. The number of benzene rings is 2. The number of fused-ring (bicyclic) bond motifs is 1. The van der Waals surface area contributed by atoms with Crippen molar-refractivity contribution in [2.24, 2.45) is 4.99 Å². The van der Waals surface area contributed by atoms with Crippen molar-refractivity contribution in [2.45, 2.75) is 37.5 Å². The predicted octanol–water partition coefficient (Wildman–Crippen LogP) is 3.66. The zero-order valence-electron chi connectivity index (χ0n) is 17.8. The Labute approximate surface area is 187 Å². The quantitative estimate of drug-likeness (QED) is 0.681. The van der Waals surface area contributed by atoms with Crippen molar-refractivity contribution < 1.29 is 17.9 Å². The van der Waals surface area contributed by atoms with Gasteiger partial charge in [0.2, 0.25) is 0 Å². The molecule has 0 radical (unpaired) electrons. The molecule has 2 saturated heterocycles. The van der Waals surface area contributed by atoms with E-state index in [-0.39, 0.29) is 35.1 Å². The summed E-state index contributed by atoms with van der Waals surface area (Å²) in [5, 5.41) is 0.475. The minimum atomic E-state index is -3.09. The molecule has 31 heavy (non-hydrogen) atoms. The van der Waals surface area contributed by atoms with Gasteiger partial charge >= 0.3 is 0 Å². The molecule has 2 heterocycles. The van der Waals surface area contributed by atoms with E-state index in [0.717, 1.165) is 17.0 Å². The van der Waals surface area contributed by atoms with Gasteiger partial charge in [0.25, 0.3) is 5.91 Å². The Morgan fingerprint density at radius 2 is 1.81 bits per heavy atom. The molecule has 0 N–H and O–H groups in total. The molecule has 0 bridgehead atoms. The summed E-state index contributed by atoms with van der Waals surface area (Å²) in [5.74, 6) is 1.09. The first kappa shape index (κ1) is 21.9. The molecule has 2 fully saturated rings. The fraction of sp³-hybridized carbons (Fsp3) is 0.391. The summed E-state index contributed by atoms with van der Waals surface area (Å²) >= 11 is 1.40. The van der Waals surface area contributed by atoms with E-state index in [4.69, 9.17) is 4.74 Å². The van der Waals surface area contributed by atoms with Crippen LogP contribution in [0.3, 0.4) is 0 Å². The van der Waals surface area contributed by atoms with Crippen LogP contribution in [-0.2, 0) is 21.1 Å². The largest absolute Gasteiger partial charge is 0.497 e. The van der Waals surface area contributed by atoms with E-state index in [9.17, 15) is 13.2 Å². The molecule has 0 saturated carbocycles. The number of thioether (sulfide) groups is 1. The van der Waals surface area contributed by atoms with Gasteiger partial charge < -0.3 is 9.64 Å². The molecule has 0 aliphatic carbocycles. The van der Waals surface area contributed by atoms with E-state index in [2.05, 4.69) is 31.0 Å². The average molecular weight is 459 g/mol. The lowest BCUT2D eigenvalue weighted by Gasteiger charge is -2.25. The van der Waals surface area contributed by atoms with Gasteiger partial charge in [0.15, 0.2) is 15.0 Å². The molecule has 2 aromatic carbocycles. The number of methoxy groups -OCH3 is 1. The Bertz CT molecular complexity index is 1090. The highest BCUT2D eigenvalue weighted by atomic mass is 32.2. The van der Waals surface area contributed by atoms with Gasteiger partial charge in [0.05, 0.1) is 31.1 Å². The molecule has 8 heteroatoms. The summed E-state index contributed by atoms with van der Waals surface area (Å²) in [6.07, 6.45) is 0.182. The zero-order chi connectivity index (χ0) is 22.2. The highest BCUT2D eigenvalue weighted by molar-refractivity contribution is 8.16. The van der Waals surface area contributed by atoms with Crippen molar-refractivity contribution in [3.05, 3.63) is 59.7 Å². The standard InChI is InChI=1S/C23H26N2O4S2/c1-15(2)17-6-8-18(9-7-17)25-20-13-31(27,28)14-21(20)30-23(25)24-22(26)12-16-4-10-19(29-3)11-5-16/h4-11,15,20-21H,12-14H2,1-3H3/t20-,21+/m1/s1. The minimum absolute atomic E-state index is 0.0856. The summed E-state index contributed by atoms with van der Waals surface area (Å²) in [4.78, 5) is 19.1. The summed E-state index contributed by atoms with van der Waals surface area (Å²) in [6, 6.07) is 15.2. The van der Waals surface area contributed by atoms with Crippen LogP contribution in [-0.4, -0.2) is 49.4 Å². The molecule has 164 valence electrons. The van der Waals surface area contributed by atoms with Crippen LogP contribution in [0, 0.1) is 0 Å². The molecule has 2 atom stereocenters. The Hall–Kier alpha value is -2.32. The number of nitrogens with zero attached hydrogens (tertiary/aromatic N) is 2. The Kier molecular flexibility index (Phi) is 6.12. The topological polar surface area (TPSA) is 76.0 Å². The van der Waals surface area contributed by atoms with Crippen LogP contribution in [0.2, 0.25) is 0 Å². The molecule has 0 unspecified atom stereocenters. The number of carbonyl (C=O) groups is 1. The number of ether oxygens (including phenoxy) is 1. The van der Waals surface area contributed by atoms with Crippen molar-refractivity contribution in [3.63, 3.8) is 0 Å². The van der Waals surface area contributed by atoms with E-state index in [1.807, 2.05) is 41.3 Å². The fourth-order valence-electron chi connectivity index (χ4n) is 3.95. The summed E-state index contributed by atoms with van der Waals surface area (Å²) in [7, 11) is -1.49. The fourth-order valence-corrected chi connectivity index (χ4v) is 7.88. The molecule has 2 aliphatic rings. The van der Waals surface area contributed by atoms with Crippen LogP contribution in [0.4, 0.5) is 5.69 Å². The lowest BCUT2D eigenvalue weighted by atomic mass is 10.0. The second-order valence-corrected chi connectivity index (χ2v) is 11.6. The molecule has 4 rings (SSSR count). The lowest BCUT2D eigenvalue weighted by Crippen LogP contribution is -2.37. The van der Waals surface area contributed by atoms with Gasteiger partial charge in [-0.2, -0.15) is 4.99 Å². The van der Waals surface area contributed by atoms with Gasteiger partial charge in [-0.15, -0.1) is 0 Å². The van der Waals surface area contributed by atoms with Gasteiger partial charge in [-0.05, 0) is 41.3 Å². The van der Waals surface area contributed by atoms with Gasteiger partial charge in [0, 0.05) is 10.9 Å². The zero-order valence-corrected chi connectivity index (χ0v) is 19.4. The third-order valence-electron chi connectivity index (χ3n) is 5.64. The smallest absolute Gasteiger partial charge is 0.252 e. The monoisotopic (exact) mass is 458 g/mol. The molecule has 6 nitrogen and oxygen atoms in total.